The molecule has 0 bridgehead atoms. The lowest BCUT2D eigenvalue weighted by Gasteiger charge is -2.35. The number of ether oxygens (including phenoxy) is 1. The third kappa shape index (κ3) is 5.72. The molecule has 0 saturated heterocycles. The van der Waals surface area contributed by atoms with Crippen molar-refractivity contribution >= 4 is 18.0 Å². The molecular formula is C31H32N2O5. The van der Waals surface area contributed by atoms with Crippen molar-refractivity contribution in [1.82, 2.24) is 10.2 Å². The Balaban J connectivity index is 1.23. The minimum Gasteiger partial charge on any atom is -0.480 e. The Bertz CT molecular complexity index is 1260. The van der Waals surface area contributed by atoms with E-state index >= 15 is 0 Å². The molecule has 7 nitrogen and oxygen atoms in total. The molecule has 2 aliphatic rings. The summed E-state index contributed by atoms with van der Waals surface area (Å²) in [6.07, 6.45) is 2.36. The fourth-order valence-corrected chi connectivity index (χ4v) is 5.49. The first-order chi connectivity index (χ1) is 18.5. The summed E-state index contributed by atoms with van der Waals surface area (Å²) in [5, 5.41) is 12.3. The molecule has 0 aliphatic heterocycles. The van der Waals surface area contributed by atoms with Crippen LogP contribution in [0.5, 0.6) is 0 Å². The van der Waals surface area contributed by atoms with Crippen LogP contribution in [0.2, 0.25) is 0 Å². The maximum absolute atomic E-state index is 13.2. The zero-order valence-corrected chi connectivity index (χ0v) is 21.2. The maximum Gasteiger partial charge on any atom is 0.407 e. The van der Waals surface area contributed by atoms with Gasteiger partial charge in [0.05, 0.1) is 0 Å². The normalized spacial score (nSPS) is 15.1. The molecule has 1 unspecified atom stereocenters. The summed E-state index contributed by atoms with van der Waals surface area (Å²) in [4.78, 5) is 39.0. The van der Waals surface area contributed by atoms with E-state index in [2.05, 4.69) is 29.6 Å². The van der Waals surface area contributed by atoms with Gasteiger partial charge in [0, 0.05) is 24.9 Å². The summed E-state index contributed by atoms with van der Waals surface area (Å²) < 4.78 is 5.72. The summed E-state index contributed by atoms with van der Waals surface area (Å²) in [6, 6.07) is 25.2. The Morgan fingerprint density at radius 3 is 2.08 bits per heavy atom. The molecule has 38 heavy (non-hydrogen) atoms. The molecule has 1 atom stereocenters. The topological polar surface area (TPSA) is 95.9 Å². The first-order valence-electron chi connectivity index (χ1n) is 13.1. The fourth-order valence-electron chi connectivity index (χ4n) is 5.49. The van der Waals surface area contributed by atoms with Crippen molar-refractivity contribution < 1.29 is 24.2 Å². The number of carboxylic acids is 1. The van der Waals surface area contributed by atoms with Gasteiger partial charge in [0.1, 0.15) is 13.2 Å². The second kappa shape index (κ2) is 11.5. The van der Waals surface area contributed by atoms with E-state index in [1.807, 2.05) is 54.6 Å². The number of fused-ring (bicyclic) bond motifs is 3. The summed E-state index contributed by atoms with van der Waals surface area (Å²) in [5.41, 5.74) is 5.45. The number of alkyl carbamates (subject to hydrolysis) is 1. The molecule has 196 valence electrons. The Kier molecular flexibility index (Phi) is 7.73. The number of benzene rings is 3. The van der Waals surface area contributed by atoms with Crippen LogP contribution >= 0.6 is 0 Å². The highest BCUT2D eigenvalue weighted by atomic mass is 16.5. The first-order valence-corrected chi connectivity index (χ1v) is 13.1. The average Bonchev–Trinajstić information content (AvgIpc) is 3.20. The van der Waals surface area contributed by atoms with E-state index < -0.39 is 24.6 Å². The molecule has 3 aromatic carbocycles. The molecule has 0 heterocycles. The van der Waals surface area contributed by atoms with E-state index in [1.165, 1.54) is 4.90 Å². The third-order valence-corrected chi connectivity index (χ3v) is 7.66. The SMILES string of the molecule is O=C(O)CN(Cc1ccccc1)C(=O)CC(NC(=O)OCC1c2ccccc2-c2ccccc21)C1CCC1. The summed E-state index contributed by atoms with van der Waals surface area (Å²) in [5.74, 6) is -1.25. The van der Waals surface area contributed by atoms with Crippen LogP contribution in [0.15, 0.2) is 78.9 Å². The first kappa shape index (κ1) is 25.5. The highest BCUT2D eigenvalue weighted by Crippen LogP contribution is 2.44. The van der Waals surface area contributed by atoms with Crippen LogP contribution in [0.1, 0.15) is 48.3 Å². The molecule has 0 spiro atoms. The minimum absolute atomic E-state index is 0.0367. The number of carboxylic acid groups (broad SMARTS) is 1. The van der Waals surface area contributed by atoms with Crippen LogP contribution in [-0.4, -0.2) is 47.2 Å². The molecular weight excluding hydrogens is 480 g/mol. The Morgan fingerprint density at radius 2 is 1.50 bits per heavy atom. The van der Waals surface area contributed by atoms with Crippen molar-refractivity contribution in [2.45, 2.75) is 44.2 Å². The highest BCUT2D eigenvalue weighted by molar-refractivity contribution is 5.82. The van der Waals surface area contributed by atoms with Gasteiger partial charge in [0.15, 0.2) is 0 Å². The van der Waals surface area contributed by atoms with Gasteiger partial charge in [0.2, 0.25) is 5.91 Å². The van der Waals surface area contributed by atoms with Gasteiger partial charge in [0.25, 0.3) is 0 Å². The fraction of sp³-hybridized carbons (Fsp3) is 0.323. The van der Waals surface area contributed by atoms with E-state index in [1.54, 1.807) is 0 Å². The van der Waals surface area contributed by atoms with Gasteiger partial charge in [-0.1, -0.05) is 85.3 Å². The molecule has 0 aromatic heterocycles. The van der Waals surface area contributed by atoms with Crippen LogP contribution in [0.25, 0.3) is 11.1 Å². The number of carbonyl (C=O) groups is 3. The highest BCUT2D eigenvalue weighted by Gasteiger charge is 2.33. The smallest absolute Gasteiger partial charge is 0.407 e. The van der Waals surface area contributed by atoms with E-state index in [0.717, 1.165) is 47.1 Å². The van der Waals surface area contributed by atoms with Crippen LogP contribution in [-0.2, 0) is 20.9 Å². The molecule has 2 aliphatic carbocycles. The third-order valence-electron chi connectivity index (χ3n) is 7.66. The van der Waals surface area contributed by atoms with Gasteiger partial charge in [-0.05, 0) is 46.6 Å². The molecule has 2 amide bonds. The zero-order chi connectivity index (χ0) is 26.5. The molecule has 7 heteroatoms. The predicted octanol–water partition coefficient (Wildman–Crippen LogP) is 5.20. The number of nitrogens with zero attached hydrogens (tertiary/aromatic N) is 1. The van der Waals surface area contributed by atoms with Crippen molar-refractivity contribution in [1.29, 1.82) is 0 Å². The Labute approximate surface area is 222 Å². The predicted molar refractivity (Wildman–Crippen MR) is 143 cm³/mol. The number of rotatable bonds is 10. The largest absolute Gasteiger partial charge is 0.480 e. The second-order valence-electron chi connectivity index (χ2n) is 10.1. The van der Waals surface area contributed by atoms with Crippen molar-refractivity contribution in [3.63, 3.8) is 0 Å². The number of hydrogen-bond acceptors (Lipinski definition) is 4. The van der Waals surface area contributed by atoms with Gasteiger partial charge in [-0.3, -0.25) is 9.59 Å². The van der Waals surface area contributed by atoms with Crippen molar-refractivity contribution in [3.05, 3.63) is 95.6 Å². The van der Waals surface area contributed by atoms with Crippen LogP contribution in [0, 0.1) is 5.92 Å². The summed E-state index contributed by atoms with van der Waals surface area (Å²) in [6.45, 7) is 0.00863. The molecule has 1 saturated carbocycles. The number of aliphatic carboxylic acids is 1. The van der Waals surface area contributed by atoms with Crippen molar-refractivity contribution in [2.24, 2.45) is 5.92 Å². The van der Waals surface area contributed by atoms with Crippen LogP contribution in [0.4, 0.5) is 4.79 Å². The second-order valence-corrected chi connectivity index (χ2v) is 10.1. The van der Waals surface area contributed by atoms with E-state index in [0.29, 0.717) is 0 Å². The quantitative estimate of drug-likeness (QED) is 0.389. The van der Waals surface area contributed by atoms with Gasteiger partial charge < -0.3 is 20.1 Å². The Morgan fingerprint density at radius 1 is 0.895 bits per heavy atom. The number of hydrogen-bond donors (Lipinski definition) is 2. The zero-order valence-electron chi connectivity index (χ0n) is 21.2. The van der Waals surface area contributed by atoms with Gasteiger partial charge >= 0.3 is 12.1 Å². The lowest BCUT2D eigenvalue weighted by molar-refractivity contribution is -0.145. The molecule has 1 fully saturated rings. The van der Waals surface area contributed by atoms with Gasteiger partial charge in [-0.2, -0.15) is 0 Å². The number of amides is 2. The lowest BCUT2D eigenvalue weighted by Crippen LogP contribution is -2.47. The van der Waals surface area contributed by atoms with Crippen LogP contribution in [0.3, 0.4) is 0 Å². The maximum atomic E-state index is 13.2. The summed E-state index contributed by atoms with van der Waals surface area (Å²) in [7, 11) is 0. The van der Waals surface area contributed by atoms with Crippen molar-refractivity contribution in [3.8, 4) is 11.1 Å². The molecule has 0 radical (unpaired) electrons. The van der Waals surface area contributed by atoms with E-state index in [4.69, 9.17) is 4.74 Å². The molecule has 3 aromatic rings. The minimum atomic E-state index is -1.07. The lowest BCUT2D eigenvalue weighted by atomic mass is 9.78. The standard InChI is InChI=1S/C31H32N2O5/c34-29(33(19-30(35)36)18-21-9-2-1-3-10-21)17-28(22-11-8-12-22)32-31(37)38-20-27-25-15-6-4-13-23(25)24-14-5-7-16-26(24)27/h1-7,9-10,13-16,22,27-28H,8,11-12,17-20H2,(H,32,37)(H,35,36). The van der Waals surface area contributed by atoms with Gasteiger partial charge in [-0.15, -0.1) is 0 Å². The van der Waals surface area contributed by atoms with Crippen molar-refractivity contribution in [2.75, 3.05) is 13.2 Å². The molecule has 2 N–H and O–H groups in total. The Hall–Kier alpha value is -4.13. The molecule has 5 rings (SSSR count). The monoisotopic (exact) mass is 512 g/mol. The van der Waals surface area contributed by atoms with E-state index in [-0.39, 0.29) is 37.3 Å². The van der Waals surface area contributed by atoms with Crippen LogP contribution < -0.4 is 5.32 Å². The van der Waals surface area contributed by atoms with E-state index in [9.17, 15) is 19.5 Å². The number of carbonyl (C=O) groups excluding carboxylic acids is 2. The summed E-state index contributed by atoms with van der Waals surface area (Å²) >= 11 is 0. The number of nitrogens with one attached hydrogen (secondary N) is 1. The van der Waals surface area contributed by atoms with Gasteiger partial charge in [-0.25, -0.2) is 4.79 Å². The average molecular weight is 513 g/mol.